The number of nitrogens with zero attached hydrogens (tertiary/aromatic N) is 2. The number of carbonyl (C=O) groups excluding carboxylic acids is 1. The molecule has 0 spiro atoms. The number of fused-ring (bicyclic) bond motifs is 2. The van der Waals surface area contributed by atoms with Gasteiger partial charge in [-0.3, -0.25) is 0 Å². The predicted molar refractivity (Wildman–Crippen MR) is 98.8 cm³/mol. The number of imidazole rings is 1. The molecule has 4 rings (SSSR count). The molecule has 2 aromatic heterocycles. The maximum Gasteiger partial charge on any atom is 0.340 e. The van der Waals surface area contributed by atoms with Gasteiger partial charge >= 0.3 is 5.97 Å². The van der Waals surface area contributed by atoms with Crippen LogP contribution in [0.1, 0.15) is 16.8 Å². The fourth-order valence-corrected chi connectivity index (χ4v) is 3.56. The first kappa shape index (κ1) is 15.9. The molecule has 0 radical (unpaired) electrons. The van der Waals surface area contributed by atoms with E-state index in [0.717, 1.165) is 32.6 Å². The van der Waals surface area contributed by atoms with Crippen molar-refractivity contribution < 1.29 is 9.53 Å². The number of benzene rings is 1. The Balaban J connectivity index is 1.62. The highest BCUT2D eigenvalue weighted by atomic mass is 79.9. The van der Waals surface area contributed by atoms with Crippen molar-refractivity contribution in [2.45, 2.75) is 13.0 Å². The first-order valence-corrected chi connectivity index (χ1v) is 8.72. The lowest BCUT2D eigenvalue weighted by atomic mass is 10.1. The van der Waals surface area contributed by atoms with Crippen molar-refractivity contribution in [1.82, 2.24) is 14.7 Å². The number of methoxy groups -OCH3 is 1. The van der Waals surface area contributed by atoms with Gasteiger partial charge in [-0.1, -0.05) is 28.1 Å². The number of hydrogen-bond donors (Lipinski definition) is 1. The predicted octanol–water partition coefficient (Wildman–Crippen LogP) is 3.33. The standard InChI is InChI=1S/C19H16BrN3O2/c1-25-19(24)18-15-6-5-13(20)8-12(15)9-16(18)21-10-14-11-23-7-3-2-4-17(23)22-14/h2-8,11,21H,9-10H2,1H3. The molecule has 5 nitrogen and oxygen atoms in total. The smallest absolute Gasteiger partial charge is 0.340 e. The maximum atomic E-state index is 12.3. The van der Waals surface area contributed by atoms with Gasteiger partial charge in [-0.2, -0.15) is 0 Å². The second-order valence-corrected chi connectivity index (χ2v) is 6.79. The Morgan fingerprint density at radius 3 is 3.04 bits per heavy atom. The van der Waals surface area contributed by atoms with E-state index in [2.05, 4.69) is 26.2 Å². The van der Waals surface area contributed by atoms with E-state index in [4.69, 9.17) is 4.74 Å². The first-order valence-electron chi connectivity index (χ1n) is 7.92. The van der Waals surface area contributed by atoms with Crippen LogP contribution in [-0.4, -0.2) is 22.5 Å². The highest BCUT2D eigenvalue weighted by Gasteiger charge is 2.27. The quantitative estimate of drug-likeness (QED) is 0.686. The number of carbonyl (C=O) groups is 1. The number of nitrogens with one attached hydrogen (secondary N) is 1. The number of hydrogen-bond acceptors (Lipinski definition) is 4. The zero-order valence-electron chi connectivity index (χ0n) is 13.6. The summed E-state index contributed by atoms with van der Waals surface area (Å²) in [4.78, 5) is 16.9. The van der Waals surface area contributed by atoms with E-state index in [1.807, 2.05) is 53.2 Å². The van der Waals surface area contributed by atoms with Gasteiger partial charge in [0.2, 0.25) is 0 Å². The van der Waals surface area contributed by atoms with Crippen LogP contribution >= 0.6 is 15.9 Å². The number of aromatic nitrogens is 2. The van der Waals surface area contributed by atoms with E-state index >= 15 is 0 Å². The zero-order valence-corrected chi connectivity index (χ0v) is 15.2. The molecule has 0 saturated carbocycles. The van der Waals surface area contributed by atoms with Crippen LogP contribution in [0.4, 0.5) is 0 Å². The molecule has 1 aromatic carbocycles. The average molecular weight is 398 g/mol. The van der Waals surface area contributed by atoms with E-state index in [9.17, 15) is 4.79 Å². The van der Waals surface area contributed by atoms with E-state index in [-0.39, 0.29) is 5.97 Å². The van der Waals surface area contributed by atoms with Gasteiger partial charge in [0, 0.05) is 29.0 Å². The van der Waals surface area contributed by atoms with Crippen molar-refractivity contribution in [1.29, 1.82) is 0 Å². The van der Waals surface area contributed by atoms with Gasteiger partial charge in [-0.25, -0.2) is 9.78 Å². The Bertz CT molecular complexity index is 974. The van der Waals surface area contributed by atoms with Crippen LogP contribution in [0, 0.1) is 0 Å². The summed E-state index contributed by atoms with van der Waals surface area (Å²) in [7, 11) is 1.41. The highest BCUT2D eigenvalue weighted by Crippen LogP contribution is 2.34. The minimum Gasteiger partial charge on any atom is -0.465 e. The summed E-state index contributed by atoms with van der Waals surface area (Å²) < 4.78 is 7.96. The summed E-state index contributed by atoms with van der Waals surface area (Å²) in [5.74, 6) is -0.321. The second-order valence-electron chi connectivity index (χ2n) is 5.88. The molecular formula is C19H16BrN3O2. The summed E-state index contributed by atoms with van der Waals surface area (Å²) >= 11 is 3.49. The fourth-order valence-electron chi connectivity index (χ4n) is 3.15. The molecule has 0 fully saturated rings. The van der Waals surface area contributed by atoms with Crippen LogP contribution in [0.15, 0.2) is 59.0 Å². The van der Waals surface area contributed by atoms with Gasteiger partial charge in [0.15, 0.2) is 0 Å². The minimum atomic E-state index is -0.321. The number of ether oxygens (including phenoxy) is 1. The van der Waals surface area contributed by atoms with E-state index in [0.29, 0.717) is 18.5 Å². The summed E-state index contributed by atoms with van der Waals surface area (Å²) in [6, 6.07) is 11.8. The van der Waals surface area contributed by atoms with Crippen LogP contribution in [0.5, 0.6) is 0 Å². The monoisotopic (exact) mass is 397 g/mol. The van der Waals surface area contributed by atoms with Crippen molar-refractivity contribution in [2.75, 3.05) is 7.11 Å². The SMILES string of the molecule is COC(=O)C1=C(NCc2cn3ccccc3n2)Cc2cc(Br)ccc21. The molecule has 0 amide bonds. The highest BCUT2D eigenvalue weighted by molar-refractivity contribution is 9.10. The normalized spacial score (nSPS) is 13.2. The molecule has 1 aliphatic carbocycles. The number of esters is 1. The lowest BCUT2D eigenvalue weighted by Gasteiger charge is -2.08. The van der Waals surface area contributed by atoms with E-state index in [1.165, 1.54) is 7.11 Å². The number of rotatable bonds is 4. The molecule has 0 aliphatic heterocycles. The Morgan fingerprint density at radius 1 is 1.36 bits per heavy atom. The Morgan fingerprint density at radius 2 is 2.24 bits per heavy atom. The van der Waals surface area contributed by atoms with Crippen molar-refractivity contribution in [3.05, 3.63) is 75.8 Å². The molecule has 126 valence electrons. The van der Waals surface area contributed by atoms with Crippen LogP contribution in [0.3, 0.4) is 0 Å². The molecule has 0 saturated heterocycles. The van der Waals surface area contributed by atoms with Crippen molar-refractivity contribution in [3.63, 3.8) is 0 Å². The van der Waals surface area contributed by atoms with Gasteiger partial charge in [0.25, 0.3) is 0 Å². The minimum absolute atomic E-state index is 0.321. The summed E-state index contributed by atoms with van der Waals surface area (Å²) in [5.41, 5.74) is 5.32. The van der Waals surface area contributed by atoms with Crippen molar-refractivity contribution >= 4 is 33.1 Å². The second kappa shape index (κ2) is 6.37. The van der Waals surface area contributed by atoms with E-state index in [1.54, 1.807) is 0 Å². The summed E-state index contributed by atoms with van der Waals surface area (Å²) in [5, 5.41) is 3.38. The Labute approximate surface area is 153 Å². The number of halogens is 1. The molecule has 1 N–H and O–H groups in total. The third-order valence-electron chi connectivity index (χ3n) is 4.29. The third kappa shape index (κ3) is 2.93. The molecular weight excluding hydrogens is 382 g/mol. The lowest BCUT2D eigenvalue weighted by Crippen LogP contribution is -2.16. The molecule has 25 heavy (non-hydrogen) atoms. The summed E-state index contributed by atoms with van der Waals surface area (Å²) in [6.07, 6.45) is 4.62. The molecule has 2 heterocycles. The summed E-state index contributed by atoms with van der Waals surface area (Å²) in [6.45, 7) is 0.548. The Kier molecular flexibility index (Phi) is 4.05. The van der Waals surface area contributed by atoms with Crippen molar-refractivity contribution in [3.8, 4) is 0 Å². The van der Waals surface area contributed by atoms with Crippen LogP contribution in [0.2, 0.25) is 0 Å². The van der Waals surface area contributed by atoms with Crippen LogP contribution in [-0.2, 0) is 22.5 Å². The largest absolute Gasteiger partial charge is 0.465 e. The van der Waals surface area contributed by atoms with Crippen molar-refractivity contribution in [2.24, 2.45) is 0 Å². The molecule has 1 aliphatic rings. The lowest BCUT2D eigenvalue weighted by molar-refractivity contribution is -0.133. The topological polar surface area (TPSA) is 55.6 Å². The number of allylic oxidation sites excluding steroid dienone is 1. The molecule has 0 bridgehead atoms. The van der Waals surface area contributed by atoms with Gasteiger partial charge in [-0.15, -0.1) is 0 Å². The van der Waals surface area contributed by atoms with E-state index < -0.39 is 0 Å². The molecule has 3 aromatic rings. The number of pyridine rings is 1. The van der Waals surface area contributed by atoms with Gasteiger partial charge in [0.05, 0.1) is 24.9 Å². The van der Waals surface area contributed by atoms with Crippen LogP contribution < -0.4 is 5.32 Å². The van der Waals surface area contributed by atoms with Gasteiger partial charge < -0.3 is 14.5 Å². The fraction of sp³-hybridized carbons (Fsp3) is 0.158. The molecule has 0 atom stereocenters. The average Bonchev–Trinajstić information content (AvgIpc) is 3.19. The Hall–Kier alpha value is -2.60. The van der Waals surface area contributed by atoms with Gasteiger partial charge in [0.1, 0.15) is 5.65 Å². The molecule has 6 heteroatoms. The van der Waals surface area contributed by atoms with Gasteiger partial charge in [-0.05, 0) is 35.4 Å². The first-order chi connectivity index (χ1) is 12.2. The third-order valence-corrected chi connectivity index (χ3v) is 4.79. The zero-order chi connectivity index (χ0) is 17.4. The van der Waals surface area contributed by atoms with Crippen LogP contribution in [0.25, 0.3) is 11.2 Å². The molecule has 0 unspecified atom stereocenters. The maximum absolute atomic E-state index is 12.3.